The summed E-state index contributed by atoms with van der Waals surface area (Å²) in [6.45, 7) is 0.920. The van der Waals surface area contributed by atoms with Gasteiger partial charge < -0.3 is 34.9 Å². The summed E-state index contributed by atoms with van der Waals surface area (Å²) < 4.78 is 20.7. The van der Waals surface area contributed by atoms with Gasteiger partial charge in [-0.3, -0.25) is 9.59 Å². The molecule has 1 heterocycles. The summed E-state index contributed by atoms with van der Waals surface area (Å²) in [7, 11) is 3.00. The summed E-state index contributed by atoms with van der Waals surface area (Å²) in [5.74, 6) is -0.839. The van der Waals surface area contributed by atoms with E-state index in [9.17, 15) is 19.2 Å². The number of rotatable bonds is 10. The molecule has 0 bridgehead atoms. The van der Waals surface area contributed by atoms with Crippen molar-refractivity contribution in [3.05, 3.63) is 70.9 Å². The maximum absolute atomic E-state index is 12.8. The number of hydrogen-bond donors (Lipinski definition) is 3. The van der Waals surface area contributed by atoms with Crippen LogP contribution in [0.4, 0.5) is 4.79 Å². The van der Waals surface area contributed by atoms with Crippen LogP contribution in [0.5, 0.6) is 11.5 Å². The van der Waals surface area contributed by atoms with Crippen LogP contribution >= 0.6 is 0 Å². The van der Waals surface area contributed by atoms with Gasteiger partial charge in [-0.2, -0.15) is 0 Å². The van der Waals surface area contributed by atoms with Crippen molar-refractivity contribution in [1.82, 2.24) is 16.0 Å². The van der Waals surface area contributed by atoms with Gasteiger partial charge in [0.1, 0.15) is 24.7 Å². The monoisotopic (exact) mass is 497 g/mol. The van der Waals surface area contributed by atoms with E-state index in [1.54, 1.807) is 49.4 Å². The molecule has 1 atom stereocenters. The molecule has 2 aromatic rings. The standard InChI is InChI=1S/C25H27N3O8/c1-4-35-24(31)21-19(27-25(32)28-22(21)15-8-10-17(33-2)11-9-15)14-36-20(29)13-26-23(30)16-6-5-7-18(12-16)34-3/h5-12,22H,4,13-14H2,1-3H3,(H,26,30)(H2,27,28,32). The molecule has 36 heavy (non-hydrogen) atoms. The third kappa shape index (κ3) is 6.53. The van der Waals surface area contributed by atoms with Gasteiger partial charge >= 0.3 is 18.0 Å². The van der Waals surface area contributed by atoms with Gasteiger partial charge in [0.25, 0.3) is 5.91 Å². The van der Waals surface area contributed by atoms with Gasteiger partial charge in [0.2, 0.25) is 0 Å². The van der Waals surface area contributed by atoms with Gasteiger partial charge in [0.15, 0.2) is 0 Å². The molecule has 2 aromatic carbocycles. The molecule has 1 aliphatic heterocycles. The minimum absolute atomic E-state index is 0.0745. The fourth-order valence-electron chi connectivity index (χ4n) is 3.45. The second-order valence-corrected chi connectivity index (χ2v) is 7.49. The molecule has 3 rings (SSSR count). The van der Waals surface area contributed by atoms with Gasteiger partial charge in [-0.25, -0.2) is 9.59 Å². The first kappa shape index (κ1) is 26.1. The van der Waals surface area contributed by atoms with Gasteiger partial charge in [0, 0.05) is 5.56 Å². The maximum Gasteiger partial charge on any atom is 0.338 e. The molecule has 0 radical (unpaired) electrons. The number of ether oxygens (including phenoxy) is 4. The molecule has 0 saturated carbocycles. The van der Waals surface area contributed by atoms with Gasteiger partial charge in [-0.1, -0.05) is 18.2 Å². The van der Waals surface area contributed by atoms with Crippen LogP contribution in [0.25, 0.3) is 0 Å². The Kier molecular flexibility index (Phi) is 8.87. The van der Waals surface area contributed by atoms with E-state index in [0.717, 1.165) is 0 Å². The second-order valence-electron chi connectivity index (χ2n) is 7.49. The van der Waals surface area contributed by atoms with Crippen molar-refractivity contribution in [3.63, 3.8) is 0 Å². The second kappa shape index (κ2) is 12.2. The smallest absolute Gasteiger partial charge is 0.338 e. The topological polar surface area (TPSA) is 141 Å². The van der Waals surface area contributed by atoms with Crippen LogP contribution in [-0.4, -0.2) is 57.9 Å². The Labute approximate surface area is 207 Å². The lowest BCUT2D eigenvalue weighted by Gasteiger charge is -2.29. The van der Waals surface area contributed by atoms with E-state index in [2.05, 4.69) is 16.0 Å². The zero-order valence-electron chi connectivity index (χ0n) is 20.1. The summed E-state index contributed by atoms with van der Waals surface area (Å²) in [6, 6.07) is 11.8. The molecular weight excluding hydrogens is 470 g/mol. The first-order valence-corrected chi connectivity index (χ1v) is 11.1. The average Bonchev–Trinajstić information content (AvgIpc) is 2.90. The summed E-state index contributed by atoms with van der Waals surface area (Å²) in [5.41, 5.74) is 1.07. The number of hydrogen-bond acceptors (Lipinski definition) is 8. The Bertz CT molecular complexity index is 1160. The Morgan fingerprint density at radius 2 is 1.69 bits per heavy atom. The molecule has 11 heteroatoms. The van der Waals surface area contributed by atoms with Crippen LogP contribution in [0.3, 0.4) is 0 Å². The quantitative estimate of drug-likeness (QED) is 0.423. The minimum atomic E-state index is -0.842. The predicted molar refractivity (Wildman–Crippen MR) is 127 cm³/mol. The van der Waals surface area contributed by atoms with Crippen LogP contribution in [-0.2, 0) is 19.1 Å². The molecule has 1 aliphatic rings. The van der Waals surface area contributed by atoms with Crippen molar-refractivity contribution >= 4 is 23.9 Å². The summed E-state index contributed by atoms with van der Waals surface area (Å²) in [6.07, 6.45) is 0. The van der Waals surface area contributed by atoms with Crippen molar-refractivity contribution in [2.75, 3.05) is 34.0 Å². The molecule has 3 amide bonds. The Hall–Kier alpha value is -4.54. The molecule has 0 aliphatic carbocycles. The third-order valence-electron chi connectivity index (χ3n) is 5.20. The van der Waals surface area contributed by atoms with Crippen LogP contribution in [0, 0.1) is 0 Å². The summed E-state index contributed by atoms with van der Waals surface area (Å²) in [4.78, 5) is 49.7. The zero-order valence-corrected chi connectivity index (χ0v) is 20.1. The maximum atomic E-state index is 12.8. The molecule has 0 saturated heterocycles. The van der Waals surface area contributed by atoms with Gasteiger partial charge in [-0.05, 0) is 42.8 Å². The normalized spacial score (nSPS) is 14.8. The first-order chi connectivity index (χ1) is 17.4. The summed E-state index contributed by atoms with van der Waals surface area (Å²) >= 11 is 0. The lowest BCUT2D eigenvalue weighted by Crippen LogP contribution is -2.47. The lowest BCUT2D eigenvalue weighted by atomic mass is 9.95. The summed E-state index contributed by atoms with van der Waals surface area (Å²) in [5, 5.41) is 7.66. The Morgan fingerprint density at radius 1 is 0.972 bits per heavy atom. The van der Waals surface area contributed by atoms with Crippen molar-refractivity contribution in [3.8, 4) is 11.5 Å². The van der Waals surface area contributed by atoms with E-state index >= 15 is 0 Å². The highest BCUT2D eigenvalue weighted by Gasteiger charge is 2.34. The van der Waals surface area contributed by atoms with Crippen molar-refractivity contribution in [2.45, 2.75) is 13.0 Å². The van der Waals surface area contributed by atoms with Gasteiger partial charge in [0.05, 0.1) is 38.1 Å². The van der Waals surface area contributed by atoms with E-state index in [-0.39, 0.29) is 17.9 Å². The number of methoxy groups -OCH3 is 2. The lowest BCUT2D eigenvalue weighted by molar-refractivity contribution is -0.142. The van der Waals surface area contributed by atoms with Crippen LogP contribution < -0.4 is 25.4 Å². The number of urea groups is 1. The highest BCUT2D eigenvalue weighted by molar-refractivity contribution is 5.97. The molecule has 3 N–H and O–H groups in total. The minimum Gasteiger partial charge on any atom is -0.497 e. The van der Waals surface area contributed by atoms with Crippen molar-refractivity contribution in [1.29, 1.82) is 0 Å². The molecule has 190 valence electrons. The van der Waals surface area contributed by atoms with Crippen molar-refractivity contribution < 1.29 is 38.1 Å². The number of amides is 3. The average molecular weight is 498 g/mol. The van der Waals surface area contributed by atoms with E-state index in [4.69, 9.17) is 18.9 Å². The highest BCUT2D eigenvalue weighted by atomic mass is 16.5. The first-order valence-electron chi connectivity index (χ1n) is 11.1. The number of esters is 2. The largest absolute Gasteiger partial charge is 0.497 e. The van der Waals surface area contributed by atoms with Crippen LogP contribution in [0.2, 0.25) is 0 Å². The molecule has 1 unspecified atom stereocenters. The zero-order chi connectivity index (χ0) is 26.1. The van der Waals surface area contributed by atoms with Crippen LogP contribution in [0.1, 0.15) is 28.9 Å². The number of nitrogens with one attached hydrogen (secondary N) is 3. The van der Waals surface area contributed by atoms with E-state index < -0.39 is 43.1 Å². The number of carbonyl (C=O) groups excluding carboxylic acids is 4. The Morgan fingerprint density at radius 3 is 2.36 bits per heavy atom. The molecule has 0 fully saturated rings. The molecule has 0 aromatic heterocycles. The fraction of sp³-hybridized carbons (Fsp3) is 0.280. The Balaban J connectivity index is 1.73. The fourth-order valence-corrected chi connectivity index (χ4v) is 3.45. The third-order valence-corrected chi connectivity index (χ3v) is 5.20. The molecule has 11 nitrogen and oxygen atoms in total. The SMILES string of the molecule is CCOC(=O)C1=C(COC(=O)CNC(=O)c2cccc(OC)c2)NC(=O)NC1c1ccc(OC)cc1. The molecular formula is C25H27N3O8. The van der Waals surface area contributed by atoms with E-state index in [0.29, 0.717) is 22.6 Å². The number of carbonyl (C=O) groups is 4. The molecule has 0 spiro atoms. The number of benzene rings is 2. The highest BCUT2D eigenvalue weighted by Crippen LogP contribution is 2.29. The predicted octanol–water partition coefficient (Wildman–Crippen LogP) is 1.85. The van der Waals surface area contributed by atoms with Gasteiger partial charge in [-0.15, -0.1) is 0 Å². The van der Waals surface area contributed by atoms with Crippen LogP contribution in [0.15, 0.2) is 59.8 Å². The van der Waals surface area contributed by atoms with E-state index in [1.807, 2.05) is 0 Å². The van der Waals surface area contributed by atoms with Crippen molar-refractivity contribution in [2.24, 2.45) is 0 Å². The van der Waals surface area contributed by atoms with E-state index in [1.165, 1.54) is 20.3 Å².